The van der Waals surface area contributed by atoms with E-state index in [1.807, 2.05) is 4.90 Å². The highest BCUT2D eigenvalue weighted by molar-refractivity contribution is 5.92. The molecule has 0 aliphatic carbocycles. The van der Waals surface area contributed by atoms with E-state index in [1.165, 1.54) is 18.2 Å². The van der Waals surface area contributed by atoms with Gasteiger partial charge in [-0.05, 0) is 43.4 Å². The summed E-state index contributed by atoms with van der Waals surface area (Å²) >= 11 is 0. The van der Waals surface area contributed by atoms with Crippen molar-refractivity contribution < 1.29 is 27.1 Å². The van der Waals surface area contributed by atoms with Crippen molar-refractivity contribution in [2.75, 3.05) is 31.6 Å². The molecule has 2 aliphatic heterocycles. The van der Waals surface area contributed by atoms with Crippen LogP contribution >= 0.6 is 0 Å². The molecule has 1 aromatic rings. The number of halogens is 4. The Kier molecular flexibility index (Phi) is 5.70. The third-order valence-electron chi connectivity index (χ3n) is 5.10. The largest absolute Gasteiger partial charge is 0.491 e. The van der Waals surface area contributed by atoms with Crippen molar-refractivity contribution in [3.8, 4) is 5.75 Å². The minimum Gasteiger partial charge on any atom is -0.491 e. The molecule has 0 saturated carbocycles. The summed E-state index contributed by atoms with van der Waals surface area (Å²) in [5.41, 5.74) is 0.316. The van der Waals surface area contributed by atoms with E-state index in [-0.39, 0.29) is 30.7 Å². The minimum absolute atomic E-state index is 0.0120. The quantitative estimate of drug-likeness (QED) is 0.800. The van der Waals surface area contributed by atoms with Crippen molar-refractivity contribution >= 4 is 11.6 Å². The summed E-state index contributed by atoms with van der Waals surface area (Å²) in [4.78, 5) is 14.1. The second-order valence-electron chi connectivity index (χ2n) is 7.00. The molecule has 0 spiro atoms. The van der Waals surface area contributed by atoms with Crippen molar-refractivity contribution in [1.82, 2.24) is 4.90 Å². The second-order valence-corrected chi connectivity index (χ2v) is 7.00. The molecule has 1 saturated heterocycles. The molecular weight excluding hydrogens is 352 g/mol. The summed E-state index contributed by atoms with van der Waals surface area (Å²) < 4.78 is 56.5. The summed E-state index contributed by atoms with van der Waals surface area (Å²) in [6.07, 6.45) is -3.37. The van der Waals surface area contributed by atoms with Gasteiger partial charge in [-0.3, -0.25) is 4.79 Å². The molecule has 1 fully saturated rings. The molecule has 2 heterocycles. The van der Waals surface area contributed by atoms with Crippen LogP contribution in [0.1, 0.15) is 25.7 Å². The number of carbonyl (C=O) groups excluding carboxylic acids is 1. The molecule has 4 nitrogen and oxygen atoms in total. The first-order valence-corrected chi connectivity index (χ1v) is 8.81. The van der Waals surface area contributed by atoms with E-state index in [1.54, 1.807) is 0 Å². The van der Waals surface area contributed by atoms with E-state index in [2.05, 4.69) is 5.32 Å². The van der Waals surface area contributed by atoms with Crippen molar-refractivity contribution in [2.45, 2.75) is 31.9 Å². The number of hydrogen-bond donors (Lipinski definition) is 1. The molecule has 2 atom stereocenters. The number of alkyl halides is 3. The summed E-state index contributed by atoms with van der Waals surface area (Å²) in [5.74, 6) is -0.0786. The highest BCUT2D eigenvalue weighted by Gasteiger charge is 2.34. The lowest BCUT2D eigenvalue weighted by atomic mass is 9.81. The van der Waals surface area contributed by atoms with Gasteiger partial charge in [0, 0.05) is 25.6 Å². The summed E-state index contributed by atoms with van der Waals surface area (Å²) in [6, 6.07) is 3.96. The van der Waals surface area contributed by atoms with Gasteiger partial charge in [0.1, 0.15) is 11.6 Å². The molecule has 144 valence electrons. The molecule has 0 unspecified atom stereocenters. The Balaban J connectivity index is 1.66. The Morgan fingerprint density at radius 2 is 2.04 bits per heavy atom. The maximum absolute atomic E-state index is 13.4. The fraction of sp³-hybridized carbons (Fsp3) is 0.611. The first-order valence-electron chi connectivity index (χ1n) is 8.81. The molecule has 8 heteroatoms. The van der Waals surface area contributed by atoms with Gasteiger partial charge in [-0.25, -0.2) is 4.39 Å². The van der Waals surface area contributed by atoms with E-state index in [0.717, 1.165) is 0 Å². The number of hydrogen-bond acceptors (Lipinski definition) is 3. The molecule has 1 N–H and O–H groups in total. The lowest BCUT2D eigenvalue weighted by Gasteiger charge is -2.39. The van der Waals surface area contributed by atoms with E-state index in [4.69, 9.17) is 4.74 Å². The van der Waals surface area contributed by atoms with Gasteiger partial charge in [0.15, 0.2) is 0 Å². The Morgan fingerprint density at radius 1 is 1.23 bits per heavy atom. The Labute approximate surface area is 149 Å². The monoisotopic (exact) mass is 374 g/mol. The predicted molar refractivity (Wildman–Crippen MR) is 88.5 cm³/mol. The van der Waals surface area contributed by atoms with Crippen LogP contribution < -0.4 is 10.1 Å². The number of rotatable bonds is 2. The van der Waals surface area contributed by atoms with E-state index < -0.39 is 18.4 Å². The molecule has 3 rings (SSSR count). The van der Waals surface area contributed by atoms with Crippen LogP contribution in [-0.4, -0.2) is 43.2 Å². The molecule has 1 amide bonds. The van der Waals surface area contributed by atoms with Crippen LogP contribution in [-0.2, 0) is 4.79 Å². The maximum atomic E-state index is 13.4. The van der Waals surface area contributed by atoms with Gasteiger partial charge < -0.3 is 15.0 Å². The Bertz CT molecular complexity index is 651. The molecular formula is C18H22F4N2O2. The number of nitrogens with zero attached hydrogens (tertiary/aromatic N) is 1. The number of piperidine rings is 1. The number of benzene rings is 1. The van der Waals surface area contributed by atoms with Crippen LogP contribution in [0.2, 0.25) is 0 Å². The lowest BCUT2D eigenvalue weighted by Crippen LogP contribution is -2.43. The fourth-order valence-corrected chi connectivity index (χ4v) is 3.73. The normalized spacial score (nSPS) is 24.8. The number of likely N-dealkylation sites (tertiary alicyclic amines) is 1. The van der Waals surface area contributed by atoms with Gasteiger partial charge in [0.05, 0.1) is 18.7 Å². The number of carbonyl (C=O) groups is 1. The van der Waals surface area contributed by atoms with Crippen LogP contribution in [0, 0.1) is 17.7 Å². The molecule has 26 heavy (non-hydrogen) atoms. The number of anilines is 1. The van der Waals surface area contributed by atoms with Crippen LogP contribution in [0.5, 0.6) is 5.75 Å². The highest BCUT2D eigenvalue weighted by Crippen LogP contribution is 2.33. The Morgan fingerprint density at radius 3 is 2.81 bits per heavy atom. The van der Waals surface area contributed by atoms with Gasteiger partial charge in [-0.15, -0.1) is 0 Å². The average molecular weight is 374 g/mol. The van der Waals surface area contributed by atoms with E-state index in [0.29, 0.717) is 44.0 Å². The van der Waals surface area contributed by atoms with E-state index >= 15 is 0 Å². The first kappa shape index (κ1) is 18.9. The van der Waals surface area contributed by atoms with E-state index in [9.17, 15) is 22.4 Å². The predicted octanol–water partition coefficient (Wildman–Crippen LogP) is 3.83. The zero-order valence-corrected chi connectivity index (χ0v) is 14.3. The fourth-order valence-electron chi connectivity index (χ4n) is 3.73. The van der Waals surface area contributed by atoms with Crippen LogP contribution in [0.3, 0.4) is 0 Å². The van der Waals surface area contributed by atoms with Gasteiger partial charge >= 0.3 is 6.18 Å². The third-order valence-corrected chi connectivity index (χ3v) is 5.10. The molecule has 0 aromatic heterocycles. The van der Waals surface area contributed by atoms with Gasteiger partial charge in [0.25, 0.3) is 0 Å². The van der Waals surface area contributed by atoms with Crippen molar-refractivity contribution in [2.24, 2.45) is 11.8 Å². The number of nitrogens with one attached hydrogen (secondary N) is 1. The zero-order chi connectivity index (χ0) is 18.7. The van der Waals surface area contributed by atoms with Crippen molar-refractivity contribution in [1.29, 1.82) is 0 Å². The molecule has 0 radical (unpaired) electrons. The van der Waals surface area contributed by atoms with Gasteiger partial charge in [-0.1, -0.05) is 0 Å². The van der Waals surface area contributed by atoms with Crippen molar-refractivity contribution in [3.05, 3.63) is 24.0 Å². The number of ether oxygens (including phenoxy) is 1. The van der Waals surface area contributed by atoms with Crippen LogP contribution in [0.25, 0.3) is 0 Å². The smallest absolute Gasteiger partial charge is 0.390 e. The standard InChI is InChI=1S/C18H22F4N2O2/c19-14-1-2-16-15(10-14)23-17(25)9-12-3-6-24(7-5-18(20,21)22)11-13(12)4-8-26-16/h1-2,10,12-13H,3-9,11H2,(H,23,25)/t12-,13-/m0/s1. The van der Waals surface area contributed by atoms with Crippen LogP contribution in [0.15, 0.2) is 18.2 Å². The molecule has 1 aromatic carbocycles. The van der Waals surface area contributed by atoms with Gasteiger partial charge in [-0.2, -0.15) is 13.2 Å². The Hall–Kier alpha value is -1.83. The first-order chi connectivity index (χ1) is 12.3. The average Bonchev–Trinajstić information content (AvgIpc) is 2.55. The summed E-state index contributed by atoms with van der Waals surface area (Å²) in [6.45, 7) is 1.45. The van der Waals surface area contributed by atoms with Crippen LogP contribution in [0.4, 0.5) is 23.2 Å². The molecule has 2 aliphatic rings. The third kappa shape index (κ3) is 5.09. The number of fused-ring (bicyclic) bond motifs is 2. The minimum atomic E-state index is -4.16. The second kappa shape index (κ2) is 7.82. The highest BCUT2D eigenvalue weighted by atomic mass is 19.4. The topological polar surface area (TPSA) is 41.6 Å². The summed E-state index contributed by atoms with van der Waals surface area (Å²) in [5, 5.41) is 2.69. The zero-order valence-electron chi connectivity index (χ0n) is 14.3. The lowest BCUT2D eigenvalue weighted by molar-refractivity contribution is -0.139. The maximum Gasteiger partial charge on any atom is 0.390 e. The van der Waals surface area contributed by atoms with Gasteiger partial charge in [0.2, 0.25) is 5.91 Å². The SMILES string of the molecule is O=C1C[C@@H]2CCN(CCC(F)(F)F)C[C@@H]2CCOc2ccc(F)cc2N1. The van der Waals surface area contributed by atoms with Crippen molar-refractivity contribution in [3.63, 3.8) is 0 Å². The summed E-state index contributed by atoms with van der Waals surface area (Å²) in [7, 11) is 0. The number of amides is 1. The molecule has 0 bridgehead atoms.